The van der Waals surface area contributed by atoms with Gasteiger partial charge in [-0.25, -0.2) is 4.79 Å². The average molecular weight is 332 g/mol. The Hall–Kier alpha value is -2.11. The minimum absolute atomic E-state index is 0.403. The number of carboxylic acid groups (broad SMARTS) is 1. The van der Waals surface area contributed by atoms with Crippen LogP contribution in [0.15, 0.2) is 12.1 Å². The summed E-state index contributed by atoms with van der Waals surface area (Å²) in [6.07, 6.45) is -7.91. The monoisotopic (exact) mass is 332 g/mol. The first-order chi connectivity index (χ1) is 10.8. The SMILES string of the molecule is O=C(O)c1cc(O)c(O)c(OC2OC(CO)C(O)C(O)C2O)c1. The number of rotatable bonds is 4. The van der Waals surface area contributed by atoms with Gasteiger partial charge in [-0.3, -0.25) is 0 Å². The molecule has 0 saturated carbocycles. The van der Waals surface area contributed by atoms with E-state index in [0.29, 0.717) is 0 Å². The molecule has 0 radical (unpaired) electrons. The number of benzene rings is 1. The summed E-state index contributed by atoms with van der Waals surface area (Å²) in [7, 11) is 0. The third-order valence-electron chi connectivity index (χ3n) is 3.39. The number of hydrogen-bond donors (Lipinski definition) is 7. The van der Waals surface area contributed by atoms with Crippen LogP contribution >= 0.6 is 0 Å². The summed E-state index contributed by atoms with van der Waals surface area (Å²) in [6.45, 7) is -0.683. The van der Waals surface area contributed by atoms with Gasteiger partial charge in [0.05, 0.1) is 12.2 Å². The van der Waals surface area contributed by atoms with E-state index in [-0.39, 0.29) is 0 Å². The van der Waals surface area contributed by atoms with Crippen molar-refractivity contribution in [2.75, 3.05) is 6.61 Å². The normalized spacial score (nSPS) is 30.9. The second-order valence-corrected chi connectivity index (χ2v) is 4.96. The zero-order valence-corrected chi connectivity index (χ0v) is 11.6. The van der Waals surface area contributed by atoms with Crippen LogP contribution in [0.4, 0.5) is 0 Å². The molecule has 1 aromatic carbocycles. The molecule has 1 aliphatic rings. The minimum atomic E-state index is -1.75. The van der Waals surface area contributed by atoms with Crippen molar-refractivity contribution in [2.45, 2.75) is 30.7 Å². The molecule has 23 heavy (non-hydrogen) atoms. The van der Waals surface area contributed by atoms with Crippen molar-refractivity contribution in [1.82, 2.24) is 0 Å². The number of aromatic hydroxyl groups is 2. The van der Waals surface area contributed by atoms with E-state index in [0.717, 1.165) is 12.1 Å². The molecule has 128 valence electrons. The summed E-state index contributed by atoms with van der Waals surface area (Å²) in [5, 5.41) is 66.3. The highest BCUT2D eigenvalue weighted by Crippen LogP contribution is 2.38. The van der Waals surface area contributed by atoms with E-state index in [1.807, 2.05) is 0 Å². The largest absolute Gasteiger partial charge is 0.504 e. The van der Waals surface area contributed by atoms with Gasteiger partial charge in [0.1, 0.15) is 24.4 Å². The van der Waals surface area contributed by atoms with Crippen LogP contribution in [0.5, 0.6) is 17.2 Å². The predicted octanol–water partition coefficient (Wildman–Crippen LogP) is -2.03. The van der Waals surface area contributed by atoms with Gasteiger partial charge in [0.15, 0.2) is 11.5 Å². The Bertz CT molecular complexity index is 586. The van der Waals surface area contributed by atoms with Gasteiger partial charge in [-0.2, -0.15) is 0 Å². The van der Waals surface area contributed by atoms with Crippen LogP contribution in [-0.2, 0) is 4.74 Å². The molecule has 7 N–H and O–H groups in total. The minimum Gasteiger partial charge on any atom is -0.504 e. The number of phenols is 2. The molecule has 2 rings (SSSR count). The van der Waals surface area contributed by atoms with Crippen molar-refractivity contribution in [3.05, 3.63) is 17.7 Å². The van der Waals surface area contributed by atoms with Crippen molar-refractivity contribution < 1.29 is 50.0 Å². The number of aliphatic hydroxyl groups excluding tert-OH is 4. The van der Waals surface area contributed by atoms with Crippen LogP contribution in [0.25, 0.3) is 0 Å². The summed E-state index contributed by atoms with van der Waals surface area (Å²) >= 11 is 0. The van der Waals surface area contributed by atoms with E-state index in [9.17, 15) is 30.3 Å². The summed E-state index contributed by atoms with van der Waals surface area (Å²) in [6, 6.07) is 1.66. The third kappa shape index (κ3) is 3.30. The fraction of sp³-hybridized carbons (Fsp3) is 0.462. The lowest BCUT2D eigenvalue weighted by Gasteiger charge is -2.39. The Morgan fingerprint density at radius 1 is 1.13 bits per heavy atom. The molecule has 0 amide bonds. The van der Waals surface area contributed by atoms with E-state index >= 15 is 0 Å². The van der Waals surface area contributed by atoms with E-state index in [4.69, 9.17) is 19.7 Å². The molecule has 0 bridgehead atoms. The first kappa shape index (κ1) is 17.2. The van der Waals surface area contributed by atoms with Crippen molar-refractivity contribution in [3.63, 3.8) is 0 Å². The van der Waals surface area contributed by atoms with Gasteiger partial charge in [-0.1, -0.05) is 0 Å². The van der Waals surface area contributed by atoms with Crippen molar-refractivity contribution in [2.24, 2.45) is 0 Å². The van der Waals surface area contributed by atoms with Gasteiger partial charge in [-0.05, 0) is 12.1 Å². The molecule has 1 saturated heterocycles. The zero-order valence-electron chi connectivity index (χ0n) is 11.6. The fourth-order valence-corrected chi connectivity index (χ4v) is 2.10. The molecule has 5 atom stereocenters. The van der Waals surface area contributed by atoms with Gasteiger partial charge < -0.3 is 45.2 Å². The van der Waals surface area contributed by atoms with Crippen LogP contribution in [0.2, 0.25) is 0 Å². The fourth-order valence-electron chi connectivity index (χ4n) is 2.10. The number of aliphatic hydroxyl groups is 4. The Morgan fingerprint density at radius 3 is 2.35 bits per heavy atom. The van der Waals surface area contributed by atoms with Gasteiger partial charge in [0.25, 0.3) is 0 Å². The molecule has 0 aliphatic carbocycles. The Kier molecular flexibility index (Phi) is 4.92. The number of carboxylic acids is 1. The third-order valence-corrected chi connectivity index (χ3v) is 3.39. The Labute approximate surface area is 129 Å². The maximum Gasteiger partial charge on any atom is 0.335 e. The highest BCUT2D eigenvalue weighted by Gasteiger charge is 2.45. The first-order valence-electron chi connectivity index (χ1n) is 6.52. The van der Waals surface area contributed by atoms with Crippen LogP contribution in [0.3, 0.4) is 0 Å². The molecule has 10 nitrogen and oxygen atoms in total. The van der Waals surface area contributed by atoms with E-state index in [2.05, 4.69) is 0 Å². The summed E-state index contributed by atoms with van der Waals surface area (Å²) in [5.74, 6) is -3.50. The Morgan fingerprint density at radius 2 is 1.78 bits per heavy atom. The highest BCUT2D eigenvalue weighted by molar-refractivity contribution is 5.89. The number of ether oxygens (including phenoxy) is 2. The maximum atomic E-state index is 10.9. The van der Waals surface area contributed by atoms with E-state index in [1.54, 1.807) is 0 Å². The molecule has 1 heterocycles. The molecule has 0 spiro atoms. The van der Waals surface area contributed by atoms with Crippen molar-refractivity contribution in [1.29, 1.82) is 0 Å². The molecule has 1 aromatic rings. The highest BCUT2D eigenvalue weighted by atomic mass is 16.7. The molecule has 10 heteroatoms. The standard InChI is InChI=1S/C13H16O10/c14-3-7-9(17)10(18)11(19)13(23-7)22-6-2-4(12(20)21)1-5(15)8(6)16/h1-2,7,9-11,13-19H,3H2,(H,20,21). The number of phenolic OH excluding ortho intramolecular Hbond substituents is 2. The zero-order chi connectivity index (χ0) is 17.3. The van der Waals surface area contributed by atoms with E-state index in [1.165, 1.54) is 0 Å². The lowest BCUT2D eigenvalue weighted by molar-refractivity contribution is -0.277. The van der Waals surface area contributed by atoms with Gasteiger partial charge in [-0.15, -0.1) is 0 Å². The molecule has 1 aliphatic heterocycles. The summed E-state index contributed by atoms with van der Waals surface area (Å²) in [5.41, 5.74) is -0.403. The van der Waals surface area contributed by atoms with Crippen molar-refractivity contribution >= 4 is 5.97 Å². The van der Waals surface area contributed by atoms with Crippen LogP contribution < -0.4 is 4.74 Å². The molecule has 1 fully saturated rings. The second-order valence-electron chi connectivity index (χ2n) is 4.96. The number of aromatic carboxylic acids is 1. The van der Waals surface area contributed by atoms with Crippen LogP contribution in [-0.4, -0.2) is 79.0 Å². The molecule has 0 aromatic heterocycles. The quantitative estimate of drug-likeness (QED) is 0.304. The van der Waals surface area contributed by atoms with Crippen LogP contribution in [0, 0.1) is 0 Å². The second kappa shape index (κ2) is 6.56. The molecular weight excluding hydrogens is 316 g/mol. The van der Waals surface area contributed by atoms with Crippen molar-refractivity contribution in [3.8, 4) is 17.2 Å². The number of carbonyl (C=O) groups is 1. The van der Waals surface area contributed by atoms with Gasteiger partial charge in [0.2, 0.25) is 12.0 Å². The lowest BCUT2D eigenvalue weighted by atomic mass is 9.99. The predicted molar refractivity (Wildman–Crippen MR) is 71.1 cm³/mol. The summed E-state index contributed by atoms with van der Waals surface area (Å²) in [4.78, 5) is 10.9. The molecular formula is C13H16O10. The van der Waals surface area contributed by atoms with Gasteiger partial charge in [0, 0.05) is 0 Å². The maximum absolute atomic E-state index is 10.9. The van der Waals surface area contributed by atoms with Crippen LogP contribution in [0.1, 0.15) is 10.4 Å². The number of hydrogen-bond acceptors (Lipinski definition) is 9. The van der Waals surface area contributed by atoms with E-state index < -0.39 is 66.1 Å². The topological polar surface area (TPSA) is 177 Å². The lowest BCUT2D eigenvalue weighted by Crippen LogP contribution is -2.60. The first-order valence-corrected chi connectivity index (χ1v) is 6.52. The van der Waals surface area contributed by atoms with Gasteiger partial charge >= 0.3 is 5.97 Å². The smallest absolute Gasteiger partial charge is 0.335 e. The molecule has 5 unspecified atom stereocenters. The average Bonchev–Trinajstić information content (AvgIpc) is 2.51. The Balaban J connectivity index is 2.29. The summed E-state index contributed by atoms with van der Waals surface area (Å²) < 4.78 is 10.2.